The van der Waals surface area contributed by atoms with Crippen molar-refractivity contribution in [2.45, 2.75) is 44.7 Å². The Morgan fingerprint density at radius 2 is 1.26 bits per heavy atom. The second kappa shape index (κ2) is 10.4. The fourth-order valence-electron chi connectivity index (χ4n) is 6.42. The average Bonchev–Trinajstić information content (AvgIpc) is 3.25. The van der Waals surface area contributed by atoms with E-state index in [1.807, 2.05) is 0 Å². The Kier molecular flexibility index (Phi) is 6.70. The molecule has 2 aliphatic rings. The zero-order valence-corrected chi connectivity index (χ0v) is 20.8. The Bertz CT molecular complexity index is 1200. The van der Waals surface area contributed by atoms with Gasteiger partial charge in [0.05, 0.1) is 6.04 Å². The summed E-state index contributed by atoms with van der Waals surface area (Å²) in [6.45, 7) is 6.89. The number of para-hydroxylation sites is 1. The van der Waals surface area contributed by atoms with Crippen LogP contribution in [0.15, 0.2) is 84.9 Å². The molecule has 0 spiro atoms. The summed E-state index contributed by atoms with van der Waals surface area (Å²) in [5, 5.41) is 1.50. The maximum absolute atomic E-state index is 2.68. The molecule has 0 radical (unpaired) electrons. The van der Waals surface area contributed by atoms with Gasteiger partial charge in [0.25, 0.3) is 0 Å². The second-order valence-electron chi connectivity index (χ2n) is 10.3. The molecule has 1 fully saturated rings. The standard InChI is InChI=1S/C32H37N3/c1-3-12-26(13-4-1)32(27-14-5-2-6-15-27)34-24-22-33(23-25-34)20-11-21-35-30-18-9-7-16-28(30)29-17-8-10-19-31(29)35/h1-7,9,12-16,18,32H,8,10-11,17,19-25H2. The molecular weight excluding hydrogens is 426 g/mol. The number of hydrogen-bond donors (Lipinski definition) is 0. The summed E-state index contributed by atoms with van der Waals surface area (Å²) < 4.78 is 2.65. The van der Waals surface area contributed by atoms with Gasteiger partial charge in [0, 0.05) is 49.3 Å². The molecule has 3 heteroatoms. The molecule has 6 rings (SSSR count). The molecule has 0 atom stereocenters. The molecule has 1 aliphatic heterocycles. The lowest BCUT2D eigenvalue weighted by Gasteiger charge is -2.40. The van der Waals surface area contributed by atoms with Crippen LogP contribution in [0.4, 0.5) is 0 Å². The van der Waals surface area contributed by atoms with E-state index in [1.165, 1.54) is 60.7 Å². The fraction of sp³-hybridized carbons (Fsp3) is 0.375. The molecule has 0 saturated carbocycles. The van der Waals surface area contributed by atoms with Crippen molar-refractivity contribution in [1.82, 2.24) is 14.4 Å². The van der Waals surface area contributed by atoms with E-state index in [1.54, 1.807) is 11.3 Å². The van der Waals surface area contributed by atoms with Crippen molar-refractivity contribution in [3.05, 3.63) is 107 Å². The first-order valence-corrected chi connectivity index (χ1v) is 13.5. The number of benzene rings is 3. The minimum atomic E-state index is 0.345. The van der Waals surface area contributed by atoms with E-state index >= 15 is 0 Å². The van der Waals surface area contributed by atoms with Crippen LogP contribution in [-0.2, 0) is 19.4 Å². The van der Waals surface area contributed by atoms with Crippen LogP contribution in [0.3, 0.4) is 0 Å². The third kappa shape index (κ3) is 4.68. The minimum Gasteiger partial charge on any atom is -0.344 e. The Morgan fingerprint density at radius 3 is 1.97 bits per heavy atom. The number of fused-ring (bicyclic) bond motifs is 3. The molecule has 35 heavy (non-hydrogen) atoms. The normalized spacial score (nSPS) is 17.2. The van der Waals surface area contributed by atoms with E-state index in [0.717, 1.165) is 32.7 Å². The Balaban J connectivity index is 1.10. The summed E-state index contributed by atoms with van der Waals surface area (Å²) in [5.74, 6) is 0. The Hall–Kier alpha value is -2.88. The number of nitrogens with zero attached hydrogens (tertiary/aromatic N) is 3. The Morgan fingerprint density at radius 1 is 0.629 bits per heavy atom. The second-order valence-corrected chi connectivity index (χ2v) is 10.3. The fourth-order valence-corrected chi connectivity index (χ4v) is 6.42. The summed E-state index contributed by atoms with van der Waals surface area (Å²) in [6, 6.07) is 31.5. The van der Waals surface area contributed by atoms with Gasteiger partial charge in [-0.15, -0.1) is 0 Å². The first-order chi connectivity index (χ1) is 17.4. The van der Waals surface area contributed by atoms with Gasteiger partial charge >= 0.3 is 0 Å². The van der Waals surface area contributed by atoms with Crippen molar-refractivity contribution in [3.63, 3.8) is 0 Å². The predicted molar refractivity (Wildman–Crippen MR) is 146 cm³/mol. The van der Waals surface area contributed by atoms with Crippen molar-refractivity contribution >= 4 is 10.9 Å². The highest BCUT2D eigenvalue weighted by Gasteiger charge is 2.26. The molecule has 2 heterocycles. The average molecular weight is 464 g/mol. The van der Waals surface area contributed by atoms with Gasteiger partial charge in [0.1, 0.15) is 0 Å². The highest BCUT2D eigenvalue weighted by atomic mass is 15.3. The van der Waals surface area contributed by atoms with Crippen LogP contribution in [0.25, 0.3) is 10.9 Å². The monoisotopic (exact) mass is 463 g/mol. The molecule has 0 amide bonds. The number of piperazine rings is 1. The molecule has 1 saturated heterocycles. The molecule has 1 aromatic heterocycles. The molecular formula is C32H37N3. The van der Waals surface area contributed by atoms with Gasteiger partial charge in [0.15, 0.2) is 0 Å². The summed E-state index contributed by atoms with van der Waals surface area (Å²) in [4.78, 5) is 5.36. The molecule has 4 aromatic rings. The molecule has 3 aromatic carbocycles. The van der Waals surface area contributed by atoms with E-state index in [4.69, 9.17) is 0 Å². The van der Waals surface area contributed by atoms with Crippen molar-refractivity contribution in [2.75, 3.05) is 32.7 Å². The van der Waals surface area contributed by atoms with Crippen LogP contribution >= 0.6 is 0 Å². The zero-order valence-electron chi connectivity index (χ0n) is 20.8. The first kappa shape index (κ1) is 22.6. The number of aryl methyl sites for hydroxylation is 2. The lowest BCUT2D eigenvalue weighted by atomic mass is 9.95. The van der Waals surface area contributed by atoms with E-state index in [9.17, 15) is 0 Å². The number of hydrogen-bond acceptors (Lipinski definition) is 2. The highest BCUT2D eigenvalue weighted by molar-refractivity contribution is 5.85. The first-order valence-electron chi connectivity index (χ1n) is 13.5. The van der Waals surface area contributed by atoms with Crippen LogP contribution in [-0.4, -0.2) is 47.1 Å². The summed E-state index contributed by atoms with van der Waals surface area (Å²) >= 11 is 0. The smallest absolute Gasteiger partial charge is 0.0602 e. The maximum Gasteiger partial charge on any atom is 0.0602 e. The molecule has 0 bridgehead atoms. The lowest BCUT2D eigenvalue weighted by molar-refractivity contribution is 0.108. The summed E-state index contributed by atoms with van der Waals surface area (Å²) in [7, 11) is 0. The van der Waals surface area contributed by atoms with Crippen molar-refractivity contribution in [2.24, 2.45) is 0 Å². The van der Waals surface area contributed by atoms with Gasteiger partial charge in [-0.1, -0.05) is 78.9 Å². The zero-order chi connectivity index (χ0) is 23.5. The van der Waals surface area contributed by atoms with Crippen molar-refractivity contribution in [3.8, 4) is 0 Å². The van der Waals surface area contributed by atoms with Crippen molar-refractivity contribution < 1.29 is 0 Å². The SMILES string of the molecule is c1ccc(C(c2ccccc2)N2CCN(CCCn3c4c(c5ccccc53)CCCC4)CC2)cc1. The maximum atomic E-state index is 2.68. The van der Waals surface area contributed by atoms with Gasteiger partial charge < -0.3 is 9.47 Å². The summed E-state index contributed by atoms with van der Waals surface area (Å²) in [6.07, 6.45) is 6.43. The van der Waals surface area contributed by atoms with Gasteiger partial charge in [-0.25, -0.2) is 0 Å². The van der Waals surface area contributed by atoms with Gasteiger partial charge in [-0.3, -0.25) is 4.90 Å². The molecule has 1 aliphatic carbocycles. The third-order valence-electron chi connectivity index (χ3n) is 8.14. The summed E-state index contributed by atoms with van der Waals surface area (Å²) in [5.41, 5.74) is 7.51. The van der Waals surface area contributed by atoms with E-state index < -0.39 is 0 Å². The van der Waals surface area contributed by atoms with E-state index in [2.05, 4.69) is 99.3 Å². The van der Waals surface area contributed by atoms with E-state index in [-0.39, 0.29) is 0 Å². The predicted octanol–water partition coefficient (Wildman–Crippen LogP) is 6.32. The topological polar surface area (TPSA) is 11.4 Å². The van der Waals surface area contributed by atoms with Gasteiger partial charge in [-0.2, -0.15) is 0 Å². The number of rotatable bonds is 7. The van der Waals surface area contributed by atoms with Crippen LogP contribution in [0.1, 0.15) is 47.7 Å². The van der Waals surface area contributed by atoms with Crippen LogP contribution in [0, 0.1) is 0 Å². The third-order valence-corrected chi connectivity index (χ3v) is 8.14. The lowest BCUT2D eigenvalue weighted by Crippen LogP contribution is -2.48. The van der Waals surface area contributed by atoms with Crippen LogP contribution < -0.4 is 0 Å². The molecule has 3 nitrogen and oxygen atoms in total. The molecule has 0 N–H and O–H groups in total. The minimum absolute atomic E-state index is 0.345. The van der Waals surface area contributed by atoms with Crippen LogP contribution in [0.5, 0.6) is 0 Å². The van der Waals surface area contributed by atoms with Crippen LogP contribution in [0.2, 0.25) is 0 Å². The van der Waals surface area contributed by atoms with Gasteiger partial charge in [-0.05, 0) is 61.4 Å². The molecule has 180 valence electrons. The van der Waals surface area contributed by atoms with Crippen molar-refractivity contribution in [1.29, 1.82) is 0 Å². The van der Waals surface area contributed by atoms with E-state index in [0.29, 0.717) is 6.04 Å². The quantitative estimate of drug-likeness (QED) is 0.318. The number of aromatic nitrogens is 1. The largest absolute Gasteiger partial charge is 0.344 e. The van der Waals surface area contributed by atoms with Gasteiger partial charge in [0.2, 0.25) is 0 Å². The molecule has 0 unspecified atom stereocenters. The highest BCUT2D eigenvalue weighted by Crippen LogP contribution is 2.33. The Labute approximate surface area is 210 Å².